The number of fused-ring (bicyclic) bond motifs is 3. The van der Waals surface area contributed by atoms with Crippen molar-refractivity contribution in [1.82, 2.24) is 5.32 Å². The molecule has 2 saturated carbocycles. The van der Waals surface area contributed by atoms with Gasteiger partial charge in [0.1, 0.15) is 10.6 Å². The van der Waals surface area contributed by atoms with Crippen molar-refractivity contribution in [3.8, 4) is 0 Å². The standard InChI is InChI=1S/C27H26F8N2O3S/c28-16-3-5-19(6-4-16)41(39,40)24-10-9-20(23(38)37-18-12-17(36)13-18)22(24)7-1-14-11-15(2-8-21(14)24)25(29,26(30,31)32)27(33,34)35/h2-6,8,11,17-18,20,22H,1,7,9-10,12-13,36H2,(H,37,38)/t17?,18?,20-,22+,24-/m1/s1. The Morgan fingerprint density at radius 3 is 2.10 bits per heavy atom. The van der Waals surface area contributed by atoms with E-state index in [0.717, 1.165) is 30.3 Å². The summed E-state index contributed by atoms with van der Waals surface area (Å²) in [5, 5.41) is 2.86. The van der Waals surface area contributed by atoms with E-state index in [2.05, 4.69) is 5.32 Å². The molecule has 0 radical (unpaired) electrons. The summed E-state index contributed by atoms with van der Waals surface area (Å²) in [7, 11) is -4.50. The predicted octanol–water partition coefficient (Wildman–Crippen LogP) is 5.36. The van der Waals surface area contributed by atoms with E-state index in [1.165, 1.54) is 0 Å². The number of sulfone groups is 1. The van der Waals surface area contributed by atoms with Crippen LogP contribution in [0, 0.1) is 17.7 Å². The maximum absolute atomic E-state index is 14.9. The second-order valence-electron chi connectivity index (χ2n) is 11.1. The molecule has 14 heteroatoms. The number of carbonyl (C=O) groups is 1. The number of hydrogen-bond donors (Lipinski definition) is 2. The summed E-state index contributed by atoms with van der Waals surface area (Å²) in [6.45, 7) is 0. The third-order valence-electron chi connectivity index (χ3n) is 8.84. The van der Waals surface area contributed by atoms with Crippen molar-refractivity contribution in [3.05, 3.63) is 65.0 Å². The molecule has 224 valence electrons. The zero-order chi connectivity index (χ0) is 30.2. The number of rotatable bonds is 5. The minimum absolute atomic E-state index is 0.0645. The van der Waals surface area contributed by atoms with Gasteiger partial charge in [0.2, 0.25) is 5.91 Å². The fraction of sp³-hybridized carbons (Fsp3) is 0.519. The highest BCUT2D eigenvalue weighted by Gasteiger charge is 2.74. The number of halogens is 8. The molecule has 0 aliphatic heterocycles. The molecule has 3 atom stereocenters. The van der Waals surface area contributed by atoms with E-state index < -0.39 is 61.7 Å². The maximum Gasteiger partial charge on any atom is 0.435 e. The monoisotopic (exact) mass is 610 g/mol. The van der Waals surface area contributed by atoms with Crippen molar-refractivity contribution < 1.29 is 48.3 Å². The van der Waals surface area contributed by atoms with Gasteiger partial charge in [0.15, 0.2) is 9.84 Å². The summed E-state index contributed by atoms with van der Waals surface area (Å²) in [5.74, 6) is -2.88. The van der Waals surface area contributed by atoms with Gasteiger partial charge in [-0.2, -0.15) is 26.3 Å². The molecule has 0 spiro atoms. The van der Waals surface area contributed by atoms with Crippen LogP contribution in [0.2, 0.25) is 0 Å². The zero-order valence-electron chi connectivity index (χ0n) is 21.3. The van der Waals surface area contributed by atoms with Gasteiger partial charge in [0.25, 0.3) is 0 Å². The van der Waals surface area contributed by atoms with E-state index >= 15 is 0 Å². The van der Waals surface area contributed by atoms with Gasteiger partial charge >= 0.3 is 18.0 Å². The number of hydrogen-bond acceptors (Lipinski definition) is 4. The number of aryl methyl sites for hydroxylation is 1. The highest BCUT2D eigenvalue weighted by molar-refractivity contribution is 7.92. The van der Waals surface area contributed by atoms with Crippen LogP contribution in [0.1, 0.15) is 48.8 Å². The number of carbonyl (C=O) groups excluding carboxylic acids is 1. The van der Waals surface area contributed by atoms with Crippen LogP contribution in [0.15, 0.2) is 47.4 Å². The van der Waals surface area contributed by atoms with E-state index in [9.17, 15) is 48.3 Å². The Morgan fingerprint density at radius 1 is 0.927 bits per heavy atom. The number of nitrogens with two attached hydrogens (primary N) is 1. The van der Waals surface area contributed by atoms with Crippen LogP contribution in [-0.2, 0) is 31.5 Å². The predicted molar refractivity (Wildman–Crippen MR) is 130 cm³/mol. The number of alkyl halides is 7. The molecule has 0 bridgehead atoms. The van der Waals surface area contributed by atoms with Gasteiger partial charge in [-0.1, -0.05) is 18.2 Å². The van der Waals surface area contributed by atoms with Crippen molar-refractivity contribution in [2.75, 3.05) is 0 Å². The van der Waals surface area contributed by atoms with Gasteiger partial charge in [-0.05, 0) is 79.8 Å². The number of benzene rings is 2. The molecule has 0 heterocycles. The Labute approximate surface area is 230 Å². The Kier molecular flexibility index (Phi) is 7.00. The molecule has 0 aromatic heterocycles. The summed E-state index contributed by atoms with van der Waals surface area (Å²) in [6.07, 6.45) is -12.0. The minimum atomic E-state index is -6.34. The van der Waals surface area contributed by atoms with Gasteiger partial charge < -0.3 is 11.1 Å². The van der Waals surface area contributed by atoms with Crippen molar-refractivity contribution in [1.29, 1.82) is 0 Å². The second-order valence-corrected chi connectivity index (χ2v) is 13.3. The lowest BCUT2D eigenvalue weighted by Crippen LogP contribution is -2.53. The summed E-state index contributed by atoms with van der Waals surface area (Å²) in [5.41, 5.74) is -1.89. The molecule has 3 aliphatic carbocycles. The van der Waals surface area contributed by atoms with Crippen LogP contribution in [0.3, 0.4) is 0 Å². The smallest absolute Gasteiger partial charge is 0.353 e. The van der Waals surface area contributed by atoms with Crippen LogP contribution in [0.25, 0.3) is 0 Å². The minimum Gasteiger partial charge on any atom is -0.353 e. The molecule has 2 aromatic rings. The molecule has 3 N–H and O–H groups in total. The Bertz CT molecular complexity index is 1440. The van der Waals surface area contributed by atoms with E-state index in [4.69, 9.17) is 5.73 Å². The largest absolute Gasteiger partial charge is 0.435 e. The van der Waals surface area contributed by atoms with Crippen molar-refractivity contribution in [3.63, 3.8) is 0 Å². The van der Waals surface area contributed by atoms with E-state index in [-0.39, 0.29) is 53.8 Å². The fourth-order valence-corrected chi connectivity index (χ4v) is 9.25. The van der Waals surface area contributed by atoms with Crippen LogP contribution in [0.5, 0.6) is 0 Å². The van der Waals surface area contributed by atoms with Crippen LogP contribution in [-0.4, -0.2) is 38.8 Å². The highest BCUT2D eigenvalue weighted by atomic mass is 32.2. The molecule has 0 saturated heterocycles. The van der Waals surface area contributed by atoms with E-state index in [0.29, 0.717) is 25.0 Å². The Morgan fingerprint density at radius 2 is 1.54 bits per heavy atom. The van der Waals surface area contributed by atoms with E-state index in [1.54, 1.807) is 0 Å². The zero-order valence-corrected chi connectivity index (χ0v) is 22.1. The summed E-state index contributed by atoms with van der Waals surface area (Å²) in [4.78, 5) is 13.0. The molecule has 3 aliphatic rings. The lowest BCUT2D eigenvalue weighted by Gasteiger charge is -2.43. The Hall–Kier alpha value is -2.74. The van der Waals surface area contributed by atoms with Crippen LogP contribution in [0.4, 0.5) is 35.1 Å². The molecule has 1 amide bonds. The third kappa shape index (κ3) is 4.43. The molecule has 2 fully saturated rings. The molecule has 41 heavy (non-hydrogen) atoms. The van der Waals surface area contributed by atoms with Crippen LogP contribution >= 0.6 is 0 Å². The fourth-order valence-electron chi connectivity index (χ4n) is 6.78. The second kappa shape index (κ2) is 9.65. The average Bonchev–Trinajstić information content (AvgIpc) is 3.28. The molecular weight excluding hydrogens is 584 g/mol. The number of nitrogens with one attached hydrogen (secondary N) is 1. The van der Waals surface area contributed by atoms with Gasteiger partial charge in [0.05, 0.1) is 4.90 Å². The molecule has 5 rings (SSSR count). The quantitative estimate of drug-likeness (QED) is 0.353. The number of amides is 1. The lowest BCUT2D eigenvalue weighted by atomic mass is 9.72. The highest BCUT2D eigenvalue weighted by Crippen LogP contribution is 2.60. The van der Waals surface area contributed by atoms with Crippen molar-refractivity contribution in [2.45, 2.75) is 78.3 Å². The average molecular weight is 611 g/mol. The van der Waals surface area contributed by atoms with Gasteiger partial charge in [-0.25, -0.2) is 17.2 Å². The normalized spacial score (nSPS) is 28.4. The maximum atomic E-state index is 14.9. The summed E-state index contributed by atoms with van der Waals surface area (Å²) in [6, 6.07) is 5.13. The first-order chi connectivity index (χ1) is 18.9. The first-order valence-corrected chi connectivity index (χ1v) is 14.4. The third-order valence-corrected chi connectivity index (χ3v) is 11.4. The SMILES string of the molecule is NC1CC(NC(=O)[C@@H]2CC[C@@]3(S(=O)(=O)c4ccc(F)cc4)c4ccc(C(F)(C(F)(F)F)C(F)(F)F)cc4CC[C@@H]23)C1. The molecule has 0 unspecified atom stereocenters. The van der Waals surface area contributed by atoms with Gasteiger partial charge in [-0.3, -0.25) is 4.79 Å². The lowest BCUT2D eigenvalue weighted by molar-refractivity contribution is -0.348. The molecule has 2 aromatic carbocycles. The van der Waals surface area contributed by atoms with E-state index in [1.807, 2.05) is 0 Å². The summed E-state index contributed by atoms with van der Waals surface area (Å²) >= 11 is 0. The van der Waals surface area contributed by atoms with Crippen LogP contribution < -0.4 is 11.1 Å². The van der Waals surface area contributed by atoms with Crippen molar-refractivity contribution >= 4 is 15.7 Å². The van der Waals surface area contributed by atoms with Gasteiger partial charge in [0, 0.05) is 23.6 Å². The van der Waals surface area contributed by atoms with Crippen molar-refractivity contribution in [2.24, 2.45) is 17.6 Å². The molecular formula is C27H26F8N2O3S. The van der Waals surface area contributed by atoms with Gasteiger partial charge in [-0.15, -0.1) is 0 Å². The topological polar surface area (TPSA) is 89.3 Å². The first kappa shape index (κ1) is 29.7. The molecule has 5 nitrogen and oxygen atoms in total. The summed E-state index contributed by atoms with van der Waals surface area (Å²) < 4.78 is 136. The first-order valence-electron chi connectivity index (χ1n) is 13.0. The Balaban J connectivity index is 1.64.